The molecule has 0 spiro atoms. The fraction of sp³-hybridized carbons (Fsp3) is 0.333. The van der Waals surface area contributed by atoms with Gasteiger partial charge in [-0.15, -0.1) is 11.3 Å². The Balaban J connectivity index is 1.75. The molecule has 0 N–H and O–H groups in total. The molecule has 2 rings (SSSR count). The Kier molecular flexibility index (Phi) is 5.95. The van der Waals surface area contributed by atoms with Crippen molar-refractivity contribution in [3.05, 3.63) is 49.0 Å². The number of thiazole rings is 1. The second-order valence-electron chi connectivity index (χ2n) is 4.46. The SMILES string of the molecule is Cc1csc(COCCCc2cc(C#N)ccc2I)n1. The number of aryl methyl sites for hydroxylation is 2. The molecule has 5 heteroatoms. The number of rotatable bonds is 6. The van der Waals surface area contributed by atoms with Gasteiger partial charge in [-0.05, 0) is 66.1 Å². The second kappa shape index (κ2) is 7.72. The van der Waals surface area contributed by atoms with E-state index in [0.717, 1.165) is 29.1 Å². The molecule has 2 aromatic rings. The minimum absolute atomic E-state index is 0.591. The maximum atomic E-state index is 8.91. The molecule has 0 saturated heterocycles. The monoisotopic (exact) mass is 398 g/mol. The van der Waals surface area contributed by atoms with Crippen LogP contribution in [0, 0.1) is 21.8 Å². The summed E-state index contributed by atoms with van der Waals surface area (Å²) in [6.07, 6.45) is 1.89. The lowest BCUT2D eigenvalue weighted by Crippen LogP contribution is -1.99. The molecule has 0 fully saturated rings. The van der Waals surface area contributed by atoms with E-state index in [1.807, 2.05) is 30.5 Å². The van der Waals surface area contributed by atoms with E-state index in [4.69, 9.17) is 10.00 Å². The summed E-state index contributed by atoms with van der Waals surface area (Å²) in [4.78, 5) is 4.36. The van der Waals surface area contributed by atoms with Crippen molar-refractivity contribution in [1.82, 2.24) is 4.98 Å². The van der Waals surface area contributed by atoms with Gasteiger partial charge in [-0.3, -0.25) is 0 Å². The summed E-state index contributed by atoms with van der Waals surface area (Å²) in [5.74, 6) is 0. The normalized spacial score (nSPS) is 10.4. The number of hydrogen-bond acceptors (Lipinski definition) is 4. The first kappa shape index (κ1) is 15.4. The number of nitriles is 1. The van der Waals surface area contributed by atoms with Gasteiger partial charge in [-0.1, -0.05) is 0 Å². The molecule has 0 amide bonds. The van der Waals surface area contributed by atoms with Crippen LogP contribution in [0.1, 0.15) is 28.2 Å². The van der Waals surface area contributed by atoms with E-state index in [2.05, 4.69) is 33.6 Å². The van der Waals surface area contributed by atoms with Gasteiger partial charge in [0, 0.05) is 21.3 Å². The smallest absolute Gasteiger partial charge is 0.119 e. The minimum Gasteiger partial charge on any atom is -0.374 e. The highest BCUT2D eigenvalue weighted by molar-refractivity contribution is 14.1. The van der Waals surface area contributed by atoms with Gasteiger partial charge >= 0.3 is 0 Å². The summed E-state index contributed by atoms with van der Waals surface area (Å²) in [6, 6.07) is 7.99. The lowest BCUT2D eigenvalue weighted by Gasteiger charge is -2.05. The molecule has 0 aliphatic rings. The highest BCUT2D eigenvalue weighted by Gasteiger charge is 2.03. The molecule has 104 valence electrons. The molecular weight excluding hydrogens is 383 g/mol. The highest BCUT2D eigenvalue weighted by Crippen LogP contribution is 2.16. The van der Waals surface area contributed by atoms with Gasteiger partial charge < -0.3 is 4.74 Å². The van der Waals surface area contributed by atoms with E-state index >= 15 is 0 Å². The summed E-state index contributed by atoms with van der Waals surface area (Å²) >= 11 is 3.95. The molecule has 1 aromatic carbocycles. The predicted molar refractivity (Wildman–Crippen MR) is 88.7 cm³/mol. The number of hydrogen-bond donors (Lipinski definition) is 0. The molecule has 0 saturated carbocycles. The minimum atomic E-state index is 0.591. The van der Waals surface area contributed by atoms with Gasteiger partial charge in [-0.25, -0.2) is 4.98 Å². The Hall–Kier alpha value is -0.970. The van der Waals surface area contributed by atoms with Crippen LogP contribution in [0.4, 0.5) is 0 Å². The van der Waals surface area contributed by atoms with Gasteiger partial charge in [-0.2, -0.15) is 5.26 Å². The van der Waals surface area contributed by atoms with Gasteiger partial charge in [0.25, 0.3) is 0 Å². The van der Waals surface area contributed by atoms with E-state index < -0.39 is 0 Å². The standard InChI is InChI=1S/C15H15IN2OS/c1-11-10-20-15(18-11)9-19-6-2-3-13-7-12(8-17)4-5-14(13)16/h4-5,7,10H,2-3,6,9H2,1H3. The number of halogens is 1. The third-order valence-corrected chi connectivity index (χ3v) is 4.79. The fourth-order valence-corrected chi connectivity index (χ4v) is 3.14. The van der Waals surface area contributed by atoms with Crippen molar-refractivity contribution in [3.63, 3.8) is 0 Å². The average molecular weight is 398 g/mol. The second-order valence-corrected chi connectivity index (χ2v) is 6.56. The lowest BCUT2D eigenvalue weighted by molar-refractivity contribution is 0.118. The van der Waals surface area contributed by atoms with Crippen molar-refractivity contribution >= 4 is 33.9 Å². The molecule has 20 heavy (non-hydrogen) atoms. The zero-order valence-electron chi connectivity index (χ0n) is 11.2. The third kappa shape index (κ3) is 4.54. The molecular formula is C15H15IN2OS. The van der Waals surface area contributed by atoms with E-state index in [-0.39, 0.29) is 0 Å². The number of aromatic nitrogens is 1. The van der Waals surface area contributed by atoms with Gasteiger partial charge in [0.15, 0.2) is 0 Å². The predicted octanol–water partition coefficient (Wildman–Crippen LogP) is 4.08. The van der Waals surface area contributed by atoms with E-state index in [1.54, 1.807) is 11.3 Å². The number of ether oxygens (including phenoxy) is 1. The quantitative estimate of drug-likeness (QED) is 0.544. The molecule has 0 aliphatic heterocycles. The molecule has 0 atom stereocenters. The summed E-state index contributed by atoms with van der Waals surface area (Å²) in [7, 11) is 0. The number of nitrogens with zero attached hydrogens (tertiary/aromatic N) is 2. The Morgan fingerprint density at radius 2 is 2.30 bits per heavy atom. The van der Waals surface area contributed by atoms with Gasteiger partial charge in [0.2, 0.25) is 0 Å². The van der Waals surface area contributed by atoms with Crippen LogP contribution in [0.3, 0.4) is 0 Å². The van der Waals surface area contributed by atoms with E-state index in [0.29, 0.717) is 13.2 Å². The first-order chi connectivity index (χ1) is 9.69. The number of benzene rings is 1. The maximum absolute atomic E-state index is 8.91. The topological polar surface area (TPSA) is 45.9 Å². The van der Waals surface area contributed by atoms with Crippen LogP contribution >= 0.6 is 33.9 Å². The maximum Gasteiger partial charge on any atom is 0.119 e. The van der Waals surface area contributed by atoms with E-state index in [1.165, 1.54) is 9.13 Å². The van der Waals surface area contributed by atoms with Crippen molar-refractivity contribution < 1.29 is 4.74 Å². The van der Waals surface area contributed by atoms with Crippen LogP contribution in [-0.4, -0.2) is 11.6 Å². The first-order valence-corrected chi connectivity index (χ1v) is 8.32. The van der Waals surface area contributed by atoms with Crippen LogP contribution in [0.5, 0.6) is 0 Å². The molecule has 0 radical (unpaired) electrons. The van der Waals surface area contributed by atoms with Crippen molar-refractivity contribution in [2.75, 3.05) is 6.61 Å². The van der Waals surface area contributed by atoms with Gasteiger partial charge in [0.05, 0.1) is 18.2 Å². The first-order valence-electron chi connectivity index (χ1n) is 6.36. The zero-order chi connectivity index (χ0) is 14.4. The molecule has 3 nitrogen and oxygen atoms in total. The lowest BCUT2D eigenvalue weighted by atomic mass is 10.1. The van der Waals surface area contributed by atoms with Crippen LogP contribution in [0.15, 0.2) is 23.6 Å². The fourth-order valence-electron chi connectivity index (χ4n) is 1.83. The van der Waals surface area contributed by atoms with E-state index in [9.17, 15) is 0 Å². The van der Waals surface area contributed by atoms with Crippen molar-refractivity contribution in [1.29, 1.82) is 5.26 Å². The van der Waals surface area contributed by atoms with Crippen molar-refractivity contribution in [2.24, 2.45) is 0 Å². The summed E-state index contributed by atoms with van der Waals surface area (Å²) in [5.41, 5.74) is 2.99. The largest absolute Gasteiger partial charge is 0.374 e. The Morgan fingerprint density at radius 1 is 1.45 bits per heavy atom. The van der Waals surface area contributed by atoms with Crippen LogP contribution in [0.2, 0.25) is 0 Å². The molecule has 0 unspecified atom stereocenters. The summed E-state index contributed by atoms with van der Waals surface area (Å²) < 4.78 is 6.84. The Bertz CT molecular complexity index is 619. The van der Waals surface area contributed by atoms with Crippen molar-refractivity contribution in [3.8, 4) is 6.07 Å². The Morgan fingerprint density at radius 3 is 3.00 bits per heavy atom. The zero-order valence-corrected chi connectivity index (χ0v) is 14.2. The summed E-state index contributed by atoms with van der Waals surface area (Å²) in [6.45, 7) is 3.30. The highest BCUT2D eigenvalue weighted by atomic mass is 127. The Labute approximate surface area is 136 Å². The van der Waals surface area contributed by atoms with Crippen LogP contribution < -0.4 is 0 Å². The molecule has 1 aromatic heterocycles. The van der Waals surface area contributed by atoms with Crippen LogP contribution in [-0.2, 0) is 17.8 Å². The molecule has 0 aliphatic carbocycles. The average Bonchev–Trinajstić information content (AvgIpc) is 2.86. The van der Waals surface area contributed by atoms with Crippen LogP contribution in [0.25, 0.3) is 0 Å². The van der Waals surface area contributed by atoms with Crippen molar-refractivity contribution in [2.45, 2.75) is 26.4 Å². The summed E-state index contributed by atoms with van der Waals surface area (Å²) in [5, 5.41) is 12.0. The molecule has 0 bridgehead atoms. The van der Waals surface area contributed by atoms with Gasteiger partial charge in [0.1, 0.15) is 5.01 Å². The third-order valence-electron chi connectivity index (χ3n) is 2.80. The molecule has 1 heterocycles.